The van der Waals surface area contributed by atoms with E-state index in [1.54, 1.807) is 0 Å². The summed E-state index contributed by atoms with van der Waals surface area (Å²) in [7, 11) is 0. The summed E-state index contributed by atoms with van der Waals surface area (Å²) < 4.78 is 0. The monoisotopic (exact) mass is 134 g/mol. The summed E-state index contributed by atoms with van der Waals surface area (Å²) in [5, 5.41) is 6.20. The molecule has 0 radical (unpaired) electrons. The first-order valence-electron chi connectivity index (χ1n) is 3.55. The van der Waals surface area contributed by atoms with Crippen LogP contribution in [0.15, 0.2) is 29.5 Å². The molecule has 0 N–H and O–H groups in total. The van der Waals surface area contributed by atoms with Crippen LogP contribution in [-0.2, 0) is 0 Å². The van der Waals surface area contributed by atoms with Gasteiger partial charge in [-0.1, -0.05) is 19.1 Å². The predicted octanol–water partition coefficient (Wildman–Crippen LogP) is 1.38. The van der Waals surface area contributed by atoms with E-state index in [2.05, 4.69) is 24.2 Å². The zero-order chi connectivity index (χ0) is 6.97. The van der Waals surface area contributed by atoms with Crippen molar-refractivity contribution in [3.63, 3.8) is 0 Å². The molecule has 2 heteroatoms. The van der Waals surface area contributed by atoms with Crippen molar-refractivity contribution >= 4 is 6.21 Å². The molecule has 2 rings (SSSR count). The van der Waals surface area contributed by atoms with Gasteiger partial charge in [0.25, 0.3) is 0 Å². The summed E-state index contributed by atoms with van der Waals surface area (Å²) in [4.78, 5) is 0. The van der Waals surface area contributed by atoms with E-state index in [4.69, 9.17) is 0 Å². The van der Waals surface area contributed by atoms with E-state index >= 15 is 0 Å². The number of hydrogen-bond donors (Lipinski definition) is 0. The van der Waals surface area contributed by atoms with Crippen LogP contribution in [0.2, 0.25) is 0 Å². The Hall–Kier alpha value is -1.05. The normalized spacial score (nSPS) is 35.1. The summed E-state index contributed by atoms with van der Waals surface area (Å²) in [6, 6.07) is 0.477. The van der Waals surface area contributed by atoms with Crippen molar-refractivity contribution in [2.45, 2.75) is 13.0 Å². The van der Waals surface area contributed by atoms with Gasteiger partial charge in [-0.15, -0.1) is 0 Å². The Labute approximate surface area is 60.5 Å². The molecule has 2 nitrogen and oxygen atoms in total. The standard InChI is InChI=1S/C8H10N2/c1-7-6-9-10-5-3-2-4-8(7)10/h2-8H,1H3. The van der Waals surface area contributed by atoms with Crippen LogP contribution < -0.4 is 0 Å². The van der Waals surface area contributed by atoms with E-state index in [1.165, 1.54) is 0 Å². The highest BCUT2D eigenvalue weighted by Gasteiger charge is 2.24. The highest BCUT2D eigenvalue weighted by atomic mass is 15.5. The van der Waals surface area contributed by atoms with E-state index in [0.29, 0.717) is 12.0 Å². The predicted molar refractivity (Wildman–Crippen MR) is 41.6 cm³/mol. The molecular weight excluding hydrogens is 124 g/mol. The topological polar surface area (TPSA) is 15.6 Å². The molecule has 0 fully saturated rings. The number of allylic oxidation sites excluding steroid dienone is 2. The Morgan fingerprint density at radius 2 is 2.30 bits per heavy atom. The number of hydrazone groups is 1. The van der Waals surface area contributed by atoms with Crippen molar-refractivity contribution in [1.29, 1.82) is 0 Å². The first-order valence-corrected chi connectivity index (χ1v) is 3.55. The van der Waals surface area contributed by atoms with Gasteiger partial charge >= 0.3 is 0 Å². The summed E-state index contributed by atoms with van der Waals surface area (Å²) in [6.07, 6.45) is 10.3. The molecule has 0 aromatic rings. The van der Waals surface area contributed by atoms with E-state index in [1.807, 2.05) is 23.5 Å². The number of fused-ring (bicyclic) bond motifs is 1. The molecule has 2 aliphatic rings. The molecular formula is C8H10N2. The van der Waals surface area contributed by atoms with Crippen molar-refractivity contribution in [2.24, 2.45) is 11.0 Å². The zero-order valence-corrected chi connectivity index (χ0v) is 5.94. The fraction of sp³-hybridized carbons (Fsp3) is 0.375. The molecule has 2 atom stereocenters. The lowest BCUT2D eigenvalue weighted by atomic mass is 10.0. The van der Waals surface area contributed by atoms with Crippen molar-refractivity contribution in [2.75, 3.05) is 0 Å². The molecule has 0 amide bonds. The van der Waals surface area contributed by atoms with Crippen LogP contribution in [0.5, 0.6) is 0 Å². The minimum Gasteiger partial charge on any atom is -0.266 e. The molecule has 52 valence electrons. The molecule has 0 spiro atoms. The Balaban J connectivity index is 2.26. The van der Waals surface area contributed by atoms with Crippen molar-refractivity contribution < 1.29 is 0 Å². The average molecular weight is 134 g/mol. The lowest BCUT2D eigenvalue weighted by molar-refractivity contribution is 0.333. The van der Waals surface area contributed by atoms with Gasteiger partial charge in [0.05, 0.1) is 6.04 Å². The van der Waals surface area contributed by atoms with E-state index in [9.17, 15) is 0 Å². The summed E-state index contributed by atoms with van der Waals surface area (Å²) in [6.45, 7) is 2.18. The highest BCUT2D eigenvalue weighted by Crippen LogP contribution is 2.20. The first-order chi connectivity index (χ1) is 4.88. The molecule has 10 heavy (non-hydrogen) atoms. The second kappa shape index (κ2) is 1.97. The maximum Gasteiger partial charge on any atom is 0.0777 e. The van der Waals surface area contributed by atoms with Gasteiger partial charge in [-0.05, 0) is 6.08 Å². The van der Waals surface area contributed by atoms with E-state index in [0.717, 1.165) is 0 Å². The largest absolute Gasteiger partial charge is 0.266 e. The smallest absolute Gasteiger partial charge is 0.0777 e. The van der Waals surface area contributed by atoms with Crippen molar-refractivity contribution in [3.05, 3.63) is 24.4 Å². The van der Waals surface area contributed by atoms with Gasteiger partial charge in [-0.25, -0.2) is 0 Å². The third-order valence-corrected chi connectivity index (χ3v) is 1.94. The van der Waals surface area contributed by atoms with Crippen LogP contribution in [0.4, 0.5) is 0 Å². The van der Waals surface area contributed by atoms with E-state index < -0.39 is 0 Å². The van der Waals surface area contributed by atoms with E-state index in [-0.39, 0.29) is 0 Å². The molecule has 2 heterocycles. The Bertz CT molecular complexity index is 215. The Morgan fingerprint density at radius 3 is 3.10 bits per heavy atom. The maximum absolute atomic E-state index is 4.21. The molecule has 0 bridgehead atoms. The molecule has 2 unspecified atom stereocenters. The van der Waals surface area contributed by atoms with Gasteiger partial charge in [0.15, 0.2) is 0 Å². The molecule has 0 aromatic heterocycles. The van der Waals surface area contributed by atoms with Crippen LogP contribution in [0.1, 0.15) is 6.92 Å². The van der Waals surface area contributed by atoms with Gasteiger partial charge in [0.2, 0.25) is 0 Å². The molecule has 0 aromatic carbocycles. The quantitative estimate of drug-likeness (QED) is 0.488. The average Bonchev–Trinajstić information content (AvgIpc) is 2.34. The molecule has 2 aliphatic heterocycles. The van der Waals surface area contributed by atoms with Crippen LogP contribution in [0.25, 0.3) is 0 Å². The van der Waals surface area contributed by atoms with Gasteiger partial charge in [0, 0.05) is 18.3 Å². The van der Waals surface area contributed by atoms with Crippen LogP contribution in [0, 0.1) is 5.92 Å². The number of nitrogens with zero attached hydrogens (tertiary/aromatic N) is 2. The van der Waals surface area contributed by atoms with Gasteiger partial charge in [0.1, 0.15) is 0 Å². The van der Waals surface area contributed by atoms with Crippen molar-refractivity contribution in [1.82, 2.24) is 5.01 Å². The Kier molecular flexibility index (Phi) is 1.13. The van der Waals surface area contributed by atoms with Gasteiger partial charge in [-0.3, -0.25) is 5.01 Å². The zero-order valence-electron chi connectivity index (χ0n) is 5.94. The minimum atomic E-state index is 0.477. The fourth-order valence-corrected chi connectivity index (χ4v) is 1.31. The molecule has 0 saturated heterocycles. The van der Waals surface area contributed by atoms with Crippen LogP contribution in [0.3, 0.4) is 0 Å². The van der Waals surface area contributed by atoms with Gasteiger partial charge in [-0.2, -0.15) is 5.10 Å². The van der Waals surface area contributed by atoms with Crippen molar-refractivity contribution in [3.8, 4) is 0 Å². The van der Waals surface area contributed by atoms with Gasteiger partial charge < -0.3 is 0 Å². The lowest BCUT2D eigenvalue weighted by Gasteiger charge is -2.21. The number of hydrogen-bond acceptors (Lipinski definition) is 2. The Morgan fingerprint density at radius 1 is 1.40 bits per heavy atom. The second-order valence-electron chi connectivity index (χ2n) is 2.72. The maximum atomic E-state index is 4.21. The fourth-order valence-electron chi connectivity index (χ4n) is 1.31. The lowest BCUT2D eigenvalue weighted by Crippen LogP contribution is -2.25. The summed E-state index contributed by atoms with van der Waals surface area (Å²) >= 11 is 0. The van der Waals surface area contributed by atoms with Crippen LogP contribution in [-0.4, -0.2) is 17.3 Å². The summed E-state index contributed by atoms with van der Waals surface area (Å²) in [5.41, 5.74) is 0. The molecule has 0 saturated carbocycles. The van der Waals surface area contributed by atoms with Crippen LogP contribution >= 0.6 is 0 Å². The molecule has 0 aliphatic carbocycles. The first kappa shape index (κ1) is 5.71. The third-order valence-electron chi connectivity index (χ3n) is 1.94. The highest BCUT2D eigenvalue weighted by molar-refractivity contribution is 5.64. The SMILES string of the molecule is CC1C=NN2C=CC=CC12. The third kappa shape index (κ3) is 0.685. The second-order valence-corrected chi connectivity index (χ2v) is 2.72. The minimum absolute atomic E-state index is 0.477. The number of rotatable bonds is 0. The summed E-state index contributed by atoms with van der Waals surface area (Å²) in [5.74, 6) is 0.557.